The van der Waals surface area contributed by atoms with Gasteiger partial charge in [-0.05, 0) is 36.4 Å². The smallest absolute Gasteiger partial charge is 0.230 e. The van der Waals surface area contributed by atoms with E-state index in [2.05, 4.69) is 10.3 Å². The third-order valence-electron chi connectivity index (χ3n) is 2.56. The van der Waals surface area contributed by atoms with Gasteiger partial charge < -0.3 is 15.8 Å². The molecule has 0 atom stereocenters. The van der Waals surface area contributed by atoms with Crippen molar-refractivity contribution in [3.8, 4) is 5.75 Å². The zero-order chi connectivity index (χ0) is 13.7. The van der Waals surface area contributed by atoms with E-state index in [0.29, 0.717) is 11.4 Å². The van der Waals surface area contributed by atoms with E-state index >= 15 is 0 Å². The molecular formula is C14H15N3O2. The van der Waals surface area contributed by atoms with Crippen LogP contribution in [0.15, 0.2) is 42.6 Å². The molecule has 0 radical (unpaired) electrons. The van der Waals surface area contributed by atoms with Gasteiger partial charge in [0.2, 0.25) is 5.91 Å². The lowest BCUT2D eigenvalue weighted by atomic mass is 10.2. The number of rotatable bonds is 4. The van der Waals surface area contributed by atoms with Crippen molar-refractivity contribution in [1.29, 1.82) is 0 Å². The Morgan fingerprint density at radius 2 is 2.00 bits per heavy atom. The third-order valence-corrected chi connectivity index (χ3v) is 2.56. The van der Waals surface area contributed by atoms with Gasteiger partial charge in [-0.2, -0.15) is 0 Å². The van der Waals surface area contributed by atoms with Crippen LogP contribution >= 0.6 is 0 Å². The van der Waals surface area contributed by atoms with Crippen LogP contribution in [-0.2, 0) is 11.2 Å². The minimum atomic E-state index is -0.123. The number of nitrogens with one attached hydrogen (secondary N) is 1. The van der Waals surface area contributed by atoms with E-state index in [9.17, 15) is 4.79 Å². The summed E-state index contributed by atoms with van der Waals surface area (Å²) in [6, 6.07) is 10.6. The molecule has 0 aliphatic carbocycles. The monoisotopic (exact) mass is 257 g/mol. The number of nitrogens with zero attached hydrogens (tertiary/aromatic N) is 1. The van der Waals surface area contributed by atoms with Gasteiger partial charge in [0, 0.05) is 11.4 Å². The molecule has 0 saturated carbocycles. The number of amides is 1. The third kappa shape index (κ3) is 3.70. The Balaban J connectivity index is 1.95. The summed E-state index contributed by atoms with van der Waals surface area (Å²) in [5, 5.41) is 2.79. The fourth-order valence-electron chi connectivity index (χ4n) is 1.58. The number of nitrogen functional groups attached to an aromatic ring is 1. The van der Waals surface area contributed by atoms with Crippen molar-refractivity contribution in [2.24, 2.45) is 0 Å². The molecule has 0 fully saturated rings. The van der Waals surface area contributed by atoms with Gasteiger partial charge >= 0.3 is 0 Å². The van der Waals surface area contributed by atoms with Crippen molar-refractivity contribution in [2.75, 3.05) is 18.2 Å². The molecule has 1 amide bonds. The molecule has 19 heavy (non-hydrogen) atoms. The maximum Gasteiger partial charge on any atom is 0.230 e. The average molecular weight is 257 g/mol. The second-order valence-corrected chi connectivity index (χ2v) is 4.04. The molecule has 0 unspecified atom stereocenters. The molecule has 1 heterocycles. The fraction of sp³-hybridized carbons (Fsp3) is 0.143. The highest BCUT2D eigenvalue weighted by atomic mass is 16.5. The molecule has 5 heteroatoms. The lowest BCUT2D eigenvalue weighted by Gasteiger charge is -2.06. The maximum absolute atomic E-state index is 11.8. The summed E-state index contributed by atoms with van der Waals surface area (Å²) in [5.74, 6) is 0.626. The van der Waals surface area contributed by atoms with Gasteiger partial charge in [0.15, 0.2) is 0 Å². The van der Waals surface area contributed by atoms with Crippen molar-refractivity contribution in [2.45, 2.75) is 6.42 Å². The molecule has 0 aliphatic heterocycles. The fourth-order valence-corrected chi connectivity index (χ4v) is 1.58. The van der Waals surface area contributed by atoms with Crippen LogP contribution in [0.1, 0.15) is 5.69 Å². The molecule has 2 aromatic rings. The second kappa shape index (κ2) is 5.86. The predicted octanol–water partition coefficient (Wildman–Crippen LogP) is 1.85. The molecule has 5 nitrogen and oxygen atoms in total. The Labute approximate surface area is 111 Å². The minimum absolute atomic E-state index is 0.123. The first-order chi connectivity index (χ1) is 9.17. The second-order valence-electron chi connectivity index (χ2n) is 4.04. The van der Waals surface area contributed by atoms with E-state index in [-0.39, 0.29) is 12.3 Å². The number of aromatic nitrogens is 1. The normalized spacial score (nSPS) is 9.95. The van der Waals surface area contributed by atoms with Crippen LogP contribution in [0.3, 0.4) is 0 Å². The van der Waals surface area contributed by atoms with E-state index < -0.39 is 0 Å². The first-order valence-electron chi connectivity index (χ1n) is 5.81. The molecule has 1 aromatic carbocycles. The number of anilines is 2. The van der Waals surface area contributed by atoms with Gasteiger partial charge in [0.1, 0.15) is 5.75 Å². The average Bonchev–Trinajstić information content (AvgIpc) is 2.42. The van der Waals surface area contributed by atoms with Crippen LogP contribution < -0.4 is 15.8 Å². The van der Waals surface area contributed by atoms with Crippen LogP contribution in [0, 0.1) is 0 Å². The number of hydrogen-bond donors (Lipinski definition) is 2. The Kier molecular flexibility index (Phi) is 3.97. The summed E-state index contributed by atoms with van der Waals surface area (Å²) in [5.41, 5.74) is 7.52. The molecular weight excluding hydrogens is 242 g/mol. The van der Waals surface area contributed by atoms with Crippen LogP contribution in [0.4, 0.5) is 11.4 Å². The summed E-state index contributed by atoms with van der Waals surface area (Å²) in [6.07, 6.45) is 1.75. The molecule has 0 bridgehead atoms. The lowest BCUT2D eigenvalue weighted by molar-refractivity contribution is -0.115. The van der Waals surface area contributed by atoms with E-state index in [1.807, 2.05) is 0 Å². The van der Waals surface area contributed by atoms with E-state index in [1.54, 1.807) is 43.5 Å². The number of methoxy groups -OCH3 is 1. The van der Waals surface area contributed by atoms with Gasteiger partial charge in [-0.3, -0.25) is 9.78 Å². The van der Waals surface area contributed by atoms with Gasteiger partial charge in [0.25, 0.3) is 0 Å². The number of hydrogen-bond acceptors (Lipinski definition) is 4. The van der Waals surface area contributed by atoms with Crippen LogP contribution in [0.2, 0.25) is 0 Å². The molecule has 0 saturated heterocycles. The van der Waals surface area contributed by atoms with Crippen molar-refractivity contribution in [3.63, 3.8) is 0 Å². The minimum Gasteiger partial charge on any atom is -0.497 e. The largest absolute Gasteiger partial charge is 0.497 e. The molecule has 0 spiro atoms. The Morgan fingerprint density at radius 3 is 2.58 bits per heavy atom. The Hall–Kier alpha value is -2.56. The molecule has 98 valence electrons. The first-order valence-corrected chi connectivity index (χ1v) is 5.81. The van der Waals surface area contributed by atoms with Gasteiger partial charge in [0.05, 0.1) is 25.4 Å². The van der Waals surface area contributed by atoms with E-state index in [1.165, 1.54) is 6.20 Å². The number of carbonyl (C=O) groups is 1. The van der Waals surface area contributed by atoms with Gasteiger partial charge in [-0.1, -0.05) is 0 Å². The Bertz CT molecular complexity index is 550. The van der Waals surface area contributed by atoms with E-state index in [4.69, 9.17) is 10.5 Å². The summed E-state index contributed by atoms with van der Waals surface area (Å²) in [6.45, 7) is 0. The molecule has 3 N–H and O–H groups in total. The number of nitrogens with two attached hydrogens (primary N) is 1. The molecule has 0 aliphatic rings. The SMILES string of the molecule is COc1ccc(NC(=O)Cc2ccc(N)cn2)cc1. The highest BCUT2D eigenvalue weighted by molar-refractivity contribution is 5.92. The summed E-state index contributed by atoms with van der Waals surface area (Å²) < 4.78 is 5.05. The summed E-state index contributed by atoms with van der Waals surface area (Å²) in [4.78, 5) is 15.9. The maximum atomic E-state index is 11.8. The van der Waals surface area contributed by atoms with Crippen LogP contribution in [0.5, 0.6) is 5.75 Å². The summed E-state index contributed by atoms with van der Waals surface area (Å²) in [7, 11) is 1.60. The molecule has 2 rings (SSSR count). The van der Waals surface area contributed by atoms with Crippen molar-refractivity contribution in [1.82, 2.24) is 4.98 Å². The van der Waals surface area contributed by atoms with Crippen molar-refractivity contribution >= 4 is 17.3 Å². The quantitative estimate of drug-likeness (QED) is 0.876. The number of pyridine rings is 1. The predicted molar refractivity (Wildman–Crippen MR) is 74.0 cm³/mol. The van der Waals surface area contributed by atoms with Crippen molar-refractivity contribution in [3.05, 3.63) is 48.3 Å². The number of carbonyl (C=O) groups excluding carboxylic acids is 1. The number of benzene rings is 1. The first kappa shape index (κ1) is 12.9. The highest BCUT2D eigenvalue weighted by Crippen LogP contribution is 2.15. The zero-order valence-corrected chi connectivity index (χ0v) is 10.6. The molecule has 1 aromatic heterocycles. The van der Waals surface area contributed by atoms with E-state index in [0.717, 1.165) is 11.4 Å². The zero-order valence-electron chi connectivity index (χ0n) is 10.6. The van der Waals surface area contributed by atoms with Crippen molar-refractivity contribution < 1.29 is 9.53 Å². The highest BCUT2D eigenvalue weighted by Gasteiger charge is 2.05. The summed E-state index contributed by atoms with van der Waals surface area (Å²) >= 11 is 0. The topological polar surface area (TPSA) is 77.2 Å². The van der Waals surface area contributed by atoms with Crippen LogP contribution in [0.25, 0.3) is 0 Å². The number of ether oxygens (including phenoxy) is 1. The van der Waals surface area contributed by atoms with Crippen LogP contribution in [-0.4, -0.2) is 18.0 Å². The Morgan fingerprint density at radius 1 is 1.26 bits per heavy atom. The lowest BCUT2D eigenvalue weighted by Crippen LogP contribution is -2.15. The van der Waals surface area contributed by atoms with Gasteiger partial charge in [-0.15, -0.1) is 0 Å². The standard InChI is InChI=1S/C14H15N3O2/c1-19-13-6-4-11(5-7-13)17-14(18)8-12-3-2-10(15)9-16-12/h2-7,9H,8,15H2,1H3,(H,17,18). The van der Waals surface area contributed by atoms with Gasteiger partial charge in [-0.25, -0.2) is 0 Å².